The largest absolute Gasteiger partial charge is 0.357 e. The molecule has 2 fully saturated rings. The van der Waals surface area contributed by atoms with Crippen molar-refractivity contribution in [1.82, 2.24) is 15.2 Å². The van der Waals surface area contributed by atoms with E-state index in [4.69, 9.17) is 0 Å². The van der Waals surface area contributed by atoms with Crippen LogP contribution in [0.25, 0.3) is 0 Å². The van der Waals surface area contributed by atoms with Crippen molar-refractivity contribution in [2.24, 2.45) is 5.92 Å². The smallest absolute Gasteiger partial charge is 0.267 e. The van der Waals surface area contributed by atoms with E-state index in [9.17, 15) is 9.59 Å². The second-order valence-electron chi connectivity index (χ2n) is 6.16. The second kappa shape index (κ2) is 6.33. The number of amides is 2. The summed E-state index contributed by atoms with van der Waals surface area (Å²) in [5, 5.41) is 3.00. The third kappa shape index (κ3) is 3.28. The zero-order valence-corrected chi connectivity index (χ0v) is 12.3. The number of likely N-dealkylation sites (tertiary alicyclic amines) is 1. The highest BCUT2D eigenvalue weighted by Gasteiger charge is 2.32. The molecule has 21 heavy (non-hydrogen) atoms. The van der Waals surface area contributed by atoms with Crippen molar-refractivity contribution in [2.45, 2.75) is 44.6 Å². The lowest BCUT2D eigenvalue weighted by Crippen LogP contribution is -2.40. The molecule has 3 rings (SSSR count). The van der Waals surface area contributed by atoms with Crippen molar-refractivity contribution in [3.05, 3.63) is 24.0 Å². The topological polar surface area (TPSA) is 65.2 Å². The summed E-state index contributed by atoms with van der Waals surface area (Å²) in [5.74, 6) is 0.430. The molecule has 0 spiro atoms. The minimum absolute atomic E-state index is 0.0772. The maximum absolute atomic E-state index is 12.5. The molecule has 2 heterocycles. The molecule has 0 aromatic carbocycles. The average molecular weight is 289 g/mol. The number of hydrogen-bond acceptors (Lipinski definition) is 2. The maximum Gasteiger partial charge on any atom is 0.267 e. The van der Waals surface area contributed by atoms with Gasteiger partial charge in [0, 0.05) is 31.2 Å². The fourth-order valence-electron chi connectivity index (χ4n) is 3.42. The van der Waals surface area contributed by atoms with Gasteiger partial charge in [-0.1, -0.05) is 19.3 Å². The lowest BCUT2D eigenvalue weighted by atomic mass is 9.88. The van der Waals surface area contributed by atoms with E-state index in [1.807, 2.05) is 11.0 Å². The summed E-state index contributed by atoms with van der Waals surface area (Å²) in [6.07, 6.45) is 8.28. The van der Waals surface area contributed by atoms with Crippen LogP contribution in [0.3, 0.4) is 0 Å². The van der Waals surface area contributed by atoms with Gasteiger partial charge in [0.2, 0.25) is 5.91 Å². The van der Waals surface area contributed by atoms with Gasteiger partial charge in [0.05, 0.1) is 0 Å². The number of carbonyl (C=O) groups excluding carboxylic acids is 2. The highest BCUT2D eigenvalue weighted by Crippen LogP contribution is 2.26. The molecule has 114 valence electrons. The van der Waals surface area contributed by atoms with E-state index in [1.165, 1.54) is 19.3 Å². The van der Waals surface area contributed by atoms with Crippen LogP contribution in [0.2, 0.25) is 0 Å². The van der Waals surface area contributed by atoms with E-state index >= 15 is 0 Å². The quantitative estimate of drug-likeness (QED) is 0.893. The number of aromatic amines is 1. The normalized spacial score (nSPS) is 23.2. The Hall–Kier alpha value is -1.78. The van der Waals surface area contributed by atoms with Gasteiger partial charge in [-0.15, -0.1) is 0 Å². The van der Waals surface area contributed by atoms with Crippen molar-refractivity contribution < 1.29 is 9.59 Å². The van der Waals surface area contributed by atoms with Gasteiger partial charge >= 0.3 is 0 Å². The van der Waals surface area contributed by atoms with E-state index < -0.39 is 0 Å². The van der Waals surface area contributed by atoms with Crippen LogP contribution >= 0.6 is 0 Å². The molecule has 0 radical (unpaired) electrons. The SMILES string of the molecule is O=C(NC1CCN(C(=O)C2CCCCC2)C1)c1ccc[nH]1. The van der Waals surface area contributed by atoms with Crippen molar-refractivity contribution in [3.8, 4) is 0 Å². The van der Waals surface area contributed by atoms with Crippen LogP contribution in [0.5, 0.6) is 0 Å². The number of H-pyrrole nitrogens is 1. The van der Waals surface area contributed by atoms with E-state index in [0.29, 0.717) is 18.1 Å². The van der Waals surface area contributed by atoms with Gasteiger partial charge in [-0.25, -0.2) is 0 Å². The Kier molecular flexibility index (Phi) is 4.27. The van der Waals surface area contributed by atoms with Gasteiger partial charge in [-0.2, -0.15) is 0 Å². The molecule has 1 unspecified atom stereocenters. The minimum Gasteiger partial charge on any atom is -0.357 e. The third-order valence-electron chi connectivity index (χ3n) is 4.63. The Bertz CT molecular complexity index is 492. The Morgan fingerprint density at radius 2 is 2.00 bits per heavy atom. The average Bonchev–Trinajstić information content (AvgIpc) is 3.19. The van der Waals surface area contributed by atoms with Gasteiger partial charge in [-0.05, 0) is 31.4 Å². The molecular formula is C16H23N3O2. The molecule has 1 aromatic rings. The second-order valence-corrected chi connectivity index (χ2v) is 6.16. The molecule has 1 aromatic heterocycles. The standard InChI is InChI=1S/C16H23N3O2/c20-15(14-7-4-9-17-14)18-13-8-10-19(11-13)16(21)12-5-2-1-3-6-12/h4,7,9,12-13,17H,1-3,5-6,8,10-11H2,(H,18,20). The summed E-state index contributed by atoms with van der Waals surface area (Å²) in [7, 11) is 0. The fourth-order valence-corrected chi connectivity index (χ4v) is 3.42. The van der Waals surface area contributed by atoms with Gasteiger partial charge in [0.15, 0.2) is 0 Å². The van der Waals surface area contributed by atoms with Crippen molar-refractivity contribution in [3.63, 3.8) is 0 Å². The first-order valence-electron chi connectivity index (χ1n) is 7.97. The highest BCUT2D eigenvalue weighted by atomic mass is 16.2. The monoisotopic (exact) mass is 289 g/mol. The maximum atomic E-state index is 12.5. The lowest BCUT2D eigenvalue weighted by Gasteiger charge is -2.26. The first kappa shape index (κ1) is 14.2. The molecule has 1 saturated carbocycles. The van der Waals surface area contributed by atoms with Gasteiger partial charge in [0.1, 0.15) is 5.69 Å². The molecule has 1 atom stereocenters. The summed E-state index contributed by atoms with van der Waals surface area (Å²) < 4.78 is 0. The molecule has 2 amide bonds. The predicted octanol–water partition coefficient (Wildman–Crippen LogP) is 1.93. The van der Waals surface area contributed by atoms with Gasteiger partial charge in [-0.3, -0.25) is 9.59 Å². The predicted molar refractivity (Wildman–Crippen MR) is 79.8 cm³/mol. The first-order chi connectivity index (χ1) is 10.2. The molecule has 1 aliphatic carbocycles. The van der Waals surface area contributed by atoms with E-state index in [-0.39, 0.29) is 17.9 Å². The summed E-state index contributed by atoms with van der Waals surface area (Å²) in [6.45, 7) is 1.42. The van der Waals surface area contributed by atoms with Crippen LogP contribution in [0, 0.1) is 5.92 Å². The van der Waals surface area contributed by atoms with Crippen LogP contribution in [-0.4, -0.2) is 40.8 Å². The van der Waals surface area contributed by atoms with Crippen LogP contribution < -0.4 is 5.32 Å². The summed E-state index contributed by atoms with van der Waals surface area (Å²) in [5.41, 5.74) is 0.576. The number of nitrogens with one attached hydrogen (secondary N) is 2. The summed E-state index contributed by atoms with van der Waals surface area (Å²) >= 11 is 0. The van der Waals surface area contributed by atoms with Crippen LogP contribution in [0.15, 0.2) is 18.3 Å². The Morgan fingerprint density at radius 3 is 2.71 bits per heavy atom. The number of hydrogen-bond donors (Lipinski definition) is 2. The zero-order valence-electron chi connectivity index (χ0n) is 12.3. The third-order valence-corrected chi connectivity index (χ3v) is 4.63. The molecule has 1 aliphatic heterocycles. The van der Waals surface area contributed by atoms with E-state index in [2.05, 4.69) is 10.3 Å². The molecule has 2 N–H and O–H groups in total. The number of nitrogens with zero attached hydrogens (tertiary/aromatic N) is 1. The molecule has 5 nitrogen and oxygen atoms in total. The fraction of sp³-hybridized carbons (Fsp3) is 0.625. The summed E-state index contributed by atoms with van der Waals surface area (Å²) in [4.78, 5) is 29.3. The Balaban J connectivity index is 1.50. The van der Waals surface area contributed by atoms with Crippen molar-refractivity contribution >= 4 is 11.8 Å². The number of rotatable bonds is 3. The van der Waals surface area contributed by atoms with Crippen molar-refractivity contribution in [1.29, 1.82) is 0 Å². The van der Waals surface area contributed by atoms with Crippen LogP contribution in [-0.2, 0) is 4.79 Å². The minimum atomic E-state index is -0.0861. The zero-order chi connectivity index (χ0) is 14.7. The Labute approximate surface area is 125 Å². The first-order valence-corrected chi connectivity index (χ1v) is 7.97. The molecule has 1 saturated heterocycles. The number of aromatic nitrogens is 1. The van der Waals surface area contributed by atoms with Crippen LogP contribution in [0.4, 0.5) is 0 Å². The lowest BCUT2D eigenvalue weighted by molar-refractivity contribution is -0.135. The highest BCUT2D eigenvalue weighted by molar-refractivity contribution is 5.92. The molecule has 5 heteroatoms. The van der Waals surface area contributed by atoms with Gasteiger partial charge in [0.25, 0.3) is 5.91 Å². The Morgan fingerprint density at radius 1 is 1.19 bits per heavy atom. The van der Waals surface area contributed by atoms with Crippen molar-refractivity contribution in [2.75, 3.05) is 13.1 Å². The summed E-state index contributed by atoms with van der Waals surface area (Å²) in [6, 6.07) is 3.64. The molecular weight excluding hydrogens is 266 g/mol. The molecule has 0 bridgehead atoms. The van der Waals surface area contributed by atoms with E-state index in [0.717, 1.165) is 25.8 Å². The molecule has 2 aliphatic rings. The van der Waals surface area contributed by atoms with Crippen LogP contribution in [0.1, 0.15) is 49.0 Å². The van der Waals surface area contributed by atoms with Gasteiger partial charge < -0.3 is 15.2 Å². The number of carbonyl (C=O) groups is 2. The van der Waals surface area contributed by atoms with E-state index in [1.54, 1.807) is 12.3 Å².